The van der Waals surface area contributed by atoms with Gasteiger partial charge in [0, 0.05) is 5.56 Å². The molecule has 4 heteroatoms. The average Bonchev–Trinajstić information content (AvgIpc) is 2.15. The van der Waals surface area contributed by atoms with Crippen LogP contribution >= 0.6 is 0 Å². The Hall–Kier alpha value is -1.58. The molecule has 0 saturated carbocycles. The fraction of sp³-hybridized carbons (Fsp3) is 0.182. The molecule has 0 aromatic heterocycles. The summed E-state index contributed by atoms with van der Waals surface area (Å²) in [7, 11) is 0. The molecule has 1 nitrogen and oxygen atoms in total. The fourth-order valence-corrected chi connectivity index (χ4v) is 1.32. The predicted octanol–water partition coefficient (Wildman–Crippen LogP) is 3.38. The number of halogens is 3. The van der Waals surface area contributed by atoms with Crippen LogP contribution in [0, 0.1) is 6.92 Å². The molecule has 0 saturated heterocycles. The number of hydrogen-bond acceptors (Lipinski definition) is 1. The third-order valence-corrected chi connectivity index (χ3v) is 2.09. The molecule has 1 aromatic carbocycles. The summed E-state index contributed by atoms with van der Waals surface area (Å²) in [5, 5.41) is 0. The summed E-state index contributed by atoms with van der Waals surface area (Å²) in [5.74, 6) is -0.501. The zero-order valence-electron chi connectivity index (χ0n) is 8.06. The summed E-state index contributed by atoms with van der Waals surface area (Å²) in [6, 6.07) is 3.52. The van der Waals surface area contributed by atoms with Crippen LogP contribution in [0.3, 0.4) is 0 Å². The quantitative estimate of drug-likeness (QED) is 0.544. The molecule has 0 unspecified atom stereocenters. The molecule has 1 rings (SSSR count). The molecule has 0 aliphatic heterocycles. The zero-order valence-corrected chi connectivity index (χ0v) is 8.06. The van der Waals surface area contributed by atoms with Crippen molar-refractivity contribution >= 4 is 5.78 Å². The largest absolute Gasteiger partial charge is 0.416 e. The molecule has 0 aliphatic carbocycles. The van der Waals surface area contributed by atoms with Crippen LogP contribution in [0.25, 0.3) is 0 Å². The lowest BCUT2D eigenvalue weighted by Crippen LogP contribution is -2.10. The minimum absolute atomic E-state index is 0.0415. The fourth-order valence-electron chi connectivity index (χ4n) is 1.32. The van der Waals surface area contributed by atoms with Gasteiger partial charge in [-0.15, -0.1) is 0 Å². The van der Waals surface area contributed by atoms with Crippen molar-refractivity contribution < 1.29 is 18.0 Å². The summed E-state index contributed by atoms with van der Waals surface area (Å²) < 4.78 is 37.4. The van der Waals surface area contributed by atoms with E-state index >= 15 is 0 Å². The molecule has 0 atom stereocenters. The zero-order chi connectivity index (χ0) is 11.6. The van der Waals surface area contributed by atoms with Crippen LogP contribution in [-0.2, 0) is 6.18 Å². The Morgan fingerprint density at radius 3 is 2.47 bits per heavy atom. The van der Waals surface area contributed by atoms with E-state index in [0.717, 1.165) is 12.1 Å². The Labute approximate surface area is 85.2 Å². The number of carbonyl (C=O) groups is 1. The molecular formula is C11H9F3O. The van der Waals surface area contributed by atoms with Gasteiger partial charge in [-0.3, -0.25) is 4.79 Å². The van der Waals surface area contributed by atoms with Crippen LogP contribution in [0.15, 0.2) is 30.9 Å². The van der Waals surface area contributed by atoms with E-state index < -0.39 is 17.5 Å². The van der Waals surface area contributed by atoms with Gasteiger partial charge in [0.05, 0.1) is 5.56 Å². The first-order valence-corrected chi connectivity index (χ1v) is 4.21. The Balaban J connectivity index is 3.36. The lowest BCUT2D eigenvalue weighted by atomic mass is 9.99. The highest BCUT2D eigenvalue weighted by Crippen LogP contribution is 2.32. The molecule has 0 spiro atoms. The predicted molar refractivity (Wildman–Crippen MR) is 50.7 cm³/mol. The van der Waals surface area contributed by atoms with Crippen molar-refractivity contribution in [1.29, 1.82) is 0 Å². The van der Waals surface area contributed by atoms with Gasteiger partial charge in [-0.25, -0.2) is 0 Å². The van der Waals surface area contributed by atoms with Crippen LogP contribution < -0.4 is 0 Å². The van der Waals surface area contributed by atoms with Crippen molar-refractivity contribution in [2.45, 2.75) is 13.1 Å². The molecule has 0 aliphatic rings. The molecule has 80 valence electrons. The van der Waals surface area contributed by atoms with Gasteiger partial charge >= 0.3 is 6.18 Å². The molecule has 15 heavy (non-hydrogen) atoms. The molecule has 0 amide bonds. The lowest BCUT2D eigenvalue weighted by Gasteiger charge is -2.12. The summed E-state index contributed by atoms with van der Waals surface area (Å²) in [6.07, 6.45) is -3.43. The molecule has 0 fully saturated rings. The van der Waals surface area contributed by atoms with Crippen LogP contribution in [0.5, 0.6) is 0 Å². The van der Waals surface area contributed by atoms with E-state index in [2.05, 4.69) is 6.58 Å². The van der Waals surface area contributed by atoms with Gasteiger partial charge in [0.1, 0.15) is 0 Å². The summed E-state index contributed by atoms with van der Waals surface area (Å²) in [5.41, 5.74) is -0.801. The Bertz CT molecular complexity index is 405. The van der Waals surface area contributed by atoms with Crippen molar-refractivity contribution in [3.63, 3.8) is 0 Å². The highest BCUT2D eigenvalue weighted by Gasteiger charge is 2.33. The lowest BCUT2D eigenvalue weighted by molar-refractivity contribution is -0.138. The monoisotopic (exact) mass is 214 g/mol. The molecular weight excluding hydrogens is 205 g/mol. The standard InChI is InChI=1S/C11H9F3O/c1-3-10(15)8-5-4-6-9(7(8)2)11(12,13)14/h3-6H,1H2,2H3. The average molecular weight is 214 g/mol. The SMILES string of the molecule is C=CC(=O)c1cccc(C(F)(F)F)c1C. The second kappa shape index (κ2) is 3.88. The highest BCUT2D eigenvalue weighted by atomic mass is 19.4. The van der Waals surface area contributed by atoms with Crippen molar-refractivity contribution in [1.82, 2.24) is 0 Å². The number of ketones is 1. The van der Waals surface area contributed by atoms with Crippen LogP contribution in [-0.4, -0.2) is 5.78 Å². The van der Waals surface area contributed by atoms with Crippen molar-refractivity contribution in [2.24, 2.45) is 0 Å². The smallest absolute Gasteiger partial charge is 0.289 e. The summed E-state index contributed by atoms with van der Waals surface area (Å²) in [4.78, 5) is 11.2. The summed E-state index contributed by atoms with van der Waals surface area (Å²) >= 11 is 0. The van der Waals surface area contributed by atoms with Gasteiger partial charge in [0.15, 0.2) is 5.78 Å². The number of benzene rings is 1. The van der Waals surface area contributed by atoms with Crippen molar-refractivity contribution in [3.05, 3.63) is 47.5 Å². The van der Waals surface area contributed by atoms with Crippen molar-refractivity contribution in [2.75, 3.05) is 0 Å². The topological polar surface area (TPSA) is 17.1 Å². The van der Waals surface area contributed by atoms with Gasteiger partial charge in [-0.05, 0) is 24.6 Å². The van der Waals surface area contributed by atoms with Crippen LogP contribution in [0.2, 0.25) is 0 Å². The third-order valence-electron chi connectivity index (χ3n) is 2.09. The Kier molecular flexibility index (Phi) is 2.98. The first kappa shape index (κ1) is 11.5. The van der Waals surface area contributed by atoms with Gasteiger partial charge in [0.2, 0.25) is 0 Å². The van der Waals surface area contributed by atoms with E-state index in [9.17, 15) is 18.0 Å². The van der Waals surface area contributed by atoms with Gasteiger partial charge < -0.3 is 0 Å². The number of hydrogen-bond donors (Lipinski definition) is 0. The first-order chi connectivity index (χ1) is 6.88. The second-order valence-corrected chi connectivity index (χ2v) is 3.04. The van der Waals surface area contributed by atoms with E-state index in [0.29, 0.717) is 0 Å². The number of alkyl halides is 3. The van der Waals surface area contributed by atoms with E-state index in [4.69, 9.17) is 0 Å². The molecule has 0 heterocycles. The van der Waals surface area contributed by atoms with E-state index in [1.54, 1.807) is 0 Å². The molecule has 0 radical (unpaired) electrons. The summed E-state index contributed by atoms with van der Waals surface area (Å²) in [6.45, 7) is 4.52. The molecule has 0 N–H and O–H groups in total. The highest BCUT2D eigenvalue weighted by molar-refractivity contribution is 6.05. The van der Waals surface area contributed by atoms with Crippen LogP contribution in [0.4, 0.5) is 13.2 Å². The third kappa shape index (κ3) is 2.26. The maximum Gasteiger partial charge on any atom is 0.416 e. The second-order valence-electron chi connectivity index (χ2n) is 3.04. The maximum absolute atomic E-state index is 12.5. The minimum atomic E-state index is -4.43. The van der Waals surface area contributed by atoms with Crippen molar-refractivity contribution in [3.8, 4) is 0 Å². The van der Waals surface area contributed by atoms with E-state index in [1.165, 1.54) is 19.1 Å². The number of carbonyl (C=O) groups excluding carboxylic acids is 1. The van der Waals surface area contributed by atoms with Gasteiger partial charge in [-0.2, -0.15) is 13.2 Å². The maximum atomic E-state index is 12.5. The van der Waals surface area contributed by atoms with Gasteiger partial charge in [-0.1, -0.05) is 18.7 Å². The molecule has 0 bridgehead atoms. The Morgan fingerprint density at radius 2 is 2.00 bits per heavy atom. The Morgan fingerprint density at radius 1 is 1.40 bits per heavy atom. The number of rotatable bonds is 2. The number of allylic oxidation sites excluding steroid dienone is 1. The first-order valence-electron chi connectivity index (χ1n) is 4.21. The van der Waals surface area contributed by atoms with Crippen LogP contribution in [0.1, 0.15) is 21.5 Å². The normalized spacial score (nSPS) is 11.2. The minimum Gasteiger partial charge on any atom is -0.289 e. The van der Waals surface area contributed by atoms with E-state index in [1.807, 2.05) is 0 Å². The van der Waals surface area contributed by atoms with Gasteiger partial charge in [0.25, 0.3) is 0 Å². The molecule has 1 aromatic rings. The van der Waals surface area contributed by atoms with E-state index in [-0.39, 0.29) is 11.1 Å².